The molecule has 2 aromatic rings. The number of rotatable bonds is 4. The van der Waals surface area contributed by atoms with Crippen LogP contribution in [0.5, 0.6) is 5.75 Å². The van der Waals surface area contributed by atoms with Gasteiger partial charge in [0.1, 0.15) is 5.75 Å². The molecule has 2 N–H and O–H groups in total. The Morgan fingerprint density at radius 1 is 1.17 bits per heavy atom. The molecule has 0 aliphatic carbocycles. The summed E-state index contributed by atoms with van der Waals surface area (Å²) >= 11 is 7.22. The number of hydrogen-bond donors (Lipinski definition) is 2. The third kappa shape index (κ3) is 4.37. The maximum atomic E-state index is 12.0. The van der Waals surface area contributed by atoms with Gasteiger partial charge >= 0.3 is 0 Å². The van der Waals surface area contributed by atoms with Gasteiger partial charge in [0.2, 0.25) is 5.91 Å². The van der Waals surface area contributed by atoms with E-state index in [0.717, 1.165) is 11.1 Å². The van der Waals surface area contributed by atoms with Crippen molar-refractivity contribution in [3.8, 4) is 5.75 Å². The number of amides is 1. The summed E-state index contributed by atoms with van der Waals surface area (Å²) in [7, 11) is 0. The minimum atomic E-state index is -0.228. The molecule has 5 nitrogen and oxygen atoms in total. The van der Waals surface area contributed by atoms with E-state index < -0.39 is 0 Å². The molecule has 1 amide bonds. The average Bonchev–Trinajstić information content (AvgIpc) is 2.91. The first-order valence-electron chi connectivity index (χ1n) is 7.22. The van der Waals surface area contributed by atoms with E-state index in [0.29, 0.717) is 16.6 Å². The van der Waals surface area contributed by atoms with Crippen molar-refractivity contribution < 1.29 is 9.90 Å². The van der Waals surface area contributed by atoms with Gasteiger partial charge in [0.05, 0.1) is 11.5 Å². The maximum Gasteiger partial charge on any atom is 0.239 e. The van der Waals surface area contributed by atoms with E-state index in [2.05, 4.69) is 15.5 Å². The van der Waals surface area contributed by atoms with Crippen molar-refractivity contribution in [3.63, 3.8) is 0 Å². The molecule has 122 valence electrons. The summed E-state index contributed by atoms with van der Waals surface area (Å²) in [6.45, 7) is 0. The van der Waals surface area contributed by atoms with Crippen LogP contribution in [-0.4, -0.2) is 27.6 Å². The zero-order chi connectivity index (χ0) is 16.9. The van der Waals surface area contributed by atoms with Gasteiger partial charge in [0, 0.05) is 5.02 Å². The fourth-order valence-corrected chi connectivity index (χ4v) is 3.22. The molecular weight excluding hydrogens is 346 g/mol. The fraction of sp³-hybridized carbons (Fsp3) is 0.118. The second-order valence-corrected chi connectivity index (χ2v) is 6.80. The molecular formula is C17H14ClN3O2S. The summed E-state index contributed by atoms with van der Waals surface area (Å²) in [6, 6.07) is 14.0. The number of carbonyl (C=O) groups excluding carboxylic acids is 1. The number of phenolic OH excluding ortho intramolecular Hbond substituents is 1. The van der Waals surface area contributed by atoms with Crippen molar-refractivity contribution in [2.24, 2.45) is 10.2 Å². The minimum Gasteiger partial charge on any atom is -0.508 e. The summed E-state index contributed by atoms with van der Waals surface area (Å²) in [4.78, 5) is 12.0. The molecule has 0 spiro atoms. The number of thioether (sulfide) groups is 1. The second kappa shape index (κ2) is 7.51. The number of amidine groups is 1. The molecule has 0 bridgehead atoms. The monoisotopic (exact) mass is 359 g/mol. The molecule has 1 aliphatic heterocycles. The van der Waals surface area contributed by atoms with Crippen LogP contribution >= 0.6 is 23.4 Å². The van der Waals surface area contributed by atoms with Crippen LogP contribution in [0.3, 0.4) is 0 Å². The number of aromatic hydroxyl groups is 1. The van der Waals surface area contributed by atoms with Crippen LogP contribution < -0.4 is 5.32 Å². The first-order chi connectivity index (χ1) is 11.6. The van der Waals surface area contributed by atoms with Crippen molar-refractivity contribution in [3.05, 3.63) is 64.7 Å². The molecule has 1 saturated heterocycles. The molecule has 2 aromatic carbocycles. The average molecular weight is 360 g/mol. The summed E-state index contributed by atoms with van der Waals surface area (Å²) in [5.41, 5.74) is 1.85. The maximum absolute atomic E-state index is 12.0. The van der Waals surface area contributed by atoms with Crippen LogP contribution in [0.25, 0.3) is 0 Å². The zero-order valence-corrected chi connectivity index (χ0v) is 14.1. The topological polar surface area (TPSA) is 74.0 Å². The smallest absolute Gasteiger partial charge is 0.239 e. The Kier molecular flexibility index (Phi) is 5.17. The lowest BCUT2D eigenvalue weighted by atomic mass is 10.1. The number of phenols is 1. The molecule has 24 heavy (non-hydrogen) atoms. The molecule has 3 rings (SSSR count). The highest BCUT2D eigenvalue weighted by molar-refractivity contribution is 8.15. The summed E-state index contributed by atoms with van der Waals surface area (Å²) in [5.74, 6) is 0.121. The van der Waals surface area contributed by atoms with Crippen molar-refractivity contribution in [2.45, 2.75) is 11.7 Å². The Bertz CT molecular complexity index is 788. The third-order valence-corrected chi connectivity index (χ3v) is 4.68. The van der Waals surface area contributed by atoms with E-state index in [4.69, 9.17) is 11.6 Å². The Labute approximate surface area is 148 Å². The Hall–Kier alpha value is -2.31. The van der Waals surface area contributed by atoms with E-state index in [9.17, 15) is 9.90 Å². The van der Waals surface area contributed by atoms with E-state index in [1.165, 1.54) is 11.8 Å². The lowest BCUT2D eigenvalue weighted by Crippen LogP contribution is -2.25. The van der Waals surface area contributed by atoms with E-state index in [-0.39, 0.29) is 16.9 Å². The summed E-state index contributed by atoms with van der Waals surface area (Å²) in [6.07, 6.45) is 2.17. The molecule has 1 fully saturated rings. The SMILES string of the molecule is O=C1N/C(=N\N=C/c2ccc(O)cc2)S[C@@H]1Cc1ccc(Cl)cc1. The largest absolute Gasteiger partial charge is 0.508 e. The minimum absolute atomic E-state index is 0.0754. The van der Waals surface area contributed by atoms with Gasteiger partial charge in [-0.05, 0) is 53.9 Å². The number of nitrogens with zero attached hydrogens (tertiary/aromatic N) is 2. The zero-order valence-electron chi connectivity index (χ0n) is 12.5. The predicted octanol–water partition coefficient (Wildman–Crippen LogP) is 3.21. The van der Waals surface area contributed by atoms with Crippen LogP contribution in [0.2, 0.25) is 5.02 Å². The van der Waals surface area contributed by atoms with Gasteiger partial charge in [-0.3, -0.25) is 4.79 Å². The lowest BCUT2D eigenvalue weighted by molar-refractivity contribution is -0.118. The fourth-order valence-electron chi connectivity index (χ4n) is 2.13. The second-order valence-electron chi connectivity index (χ2n) is 5.17. The van der Waals surface area contributed by atoms with Crippen LogP contribution in [0.4, 0.5) is 0 Å². The van der Waals surface area contributed by atoms with Gasteiger partial charge in [-0.25, -0.2) is 0 Å². The van der Waals surface area contributed by atoms with Crippen LogP contribution in [0.15, 0.2) is 58.7 Å². The number of nitrogens with one attached hydrogen (secondary N) is 1. The van der Waals surface area contributed by atoms with E-state index >= 15 is 0 Å². The van der Waals surface area contributed by atoms with Gasteiger partial charge in [-0.2, -0.15) is 5.10 Å². The highest BCUT2D eigenvalue weighted by Crippen LogP contribution is 2.24. The Morgan fingerprint density at radius 3 is 2.58 bits per heavy atom. The van der Waals surface area contributed by atoms with Crippen molar-refractivity contribution >= 4 is 40.7 Å². The molecule has 0 radical (unpaired) electrons. The highest BCUT2D eigenvalue weighted by atomic mass is 35.5. The standard InChI is InChI=1S/C17H14ClN3O2S/c18-13-5-1-11(2-6-13)9-15-16(23)20-17(24-15)21-19-10-12-3-7-14(22)8-4-12/h1-8,10,15,22H,9H2,(H,20,21,23)/b19-10-/t15-/m1/s1. The van der Waals surface area contributed by atoms with Gasteiger partial charge in [0.25, 0.3) is 0 Å². The Morgan fingerprint density at radius 2 is 1.88 bits per heavy atom. The summed E-state index contributed by atoms with van der Waals surface area (Å²) in [5, 5.41) is 20.9. The molecule has 0 saturated carbocycles. The van der Waals surface area contributed by atoms with Gasteiger partial charge in [0.15, 0.2) is 5.17 Å². The predicted molar refractivity (Wildman–Crippen MR) is 97.8 cm³/mol. The first-order valence-corrected chi connectivity index (χ1v) is 8.48. The van der Waals surface area contributed by atoms with Crippen molar-refractivity contribution in [1.29, 1.82) is 0 Å². The first kappa shape index (κ1) is 16.5. The van der Waals surface area contributed by atoms with Crippen LogP contribution in [-0.2, 0) is 11.2 Å². The molecule has 0 unspecified atom stereocenters. The van der Waals surface area contributed by atoms with E-state index in [1.807, 2.05) is 24.3 Å². The molecule has 7 heteroatoms. The van der Waals surface area contributed by atoms with E-state index in [1.54, 1.807) is 30.5 Å². The lowest BCUT2D eigenvalue weighted by Gasteiger charge is -2.05. The highest BCUT2D eigenvalue weighted by Gasteiger charge is 2.30. The van der Waals surface area contributed by atoms with Gasteiger partial charge in [-0.15, -0.1) is 5.10 Å². The number of halogens is 1. The van der Waals surface area contributed by atoms with Crippen molar-refractivity contribution in [1.82, 2.24) is 5.32 Å². The van der Waals surface area contributed by atoms with Crippen LogP contribution in [0, 0.1) is 0 Å². The quantitative estimate of drug-likeness (QED) is 0.650. The number of benzene rings is 2. The molecule has 1 aliphatic rings. The number of carbonyl (C=O) groups is 1. The summed E-state index contributed by atoms with van der Waals surface area (Å²) < 4.78 is 0. The molecule has 1 atom stereocenters. The molecule has 1 heterocycles. The Balaban J connectivity index is 1.61. The molecule has 0 aromatic heterocycles. The van der Waals surface area contributed by atoms with Gasteiger partial charge < -0.3 is 10.4 Å². The van der Waals surface area contributed by atoms with Gasteiger partial charge in [-0.1, -0.05) is 35.5 Å². The normalized spacial score (nSPS) is 19.1. The van der Waals surface area contributed by atoms with Crippen LogP contribution in [0.1, 0.15) is 11.1 Å². The number of hydrogen-bond acceptors (Lipinski definition) is 5. The van der Waals surface area contributed by atoms with Crippen molar-refractivity contribution in [2.75, 3.05) is 0 Å². The third-order valence-electron chi connectivity index (χ3n) is 3.36.